The Hall–Kier alpha value is -3.22. The Morgan fingerprint density at radius 3 is 2.70 bits per heavy atom. The van der Waals surface area contributed by atoms with Gasteiger partial charge in [0, 0.05) is 35.0 Å². The first kappa shape index (κ1) is 18.8. The summed E-state index contributed by atoms with van der Waals surface area (Å²) in [7, 11) is 0. The fraction of sp³-hybridized carbons (Fsp3) is 0.391. The minimum Gasteiger partial charge on any atom is -0.491 e. The average molecular weight is 408 g/mol. The summed E-state index contributed by atoms with van der Waals surface area (Å²) in [6, 6.07) is 8.98. The molecule has 5 rings (SSSR count). The summed E-state index contributed by atoms with van der Waals surface area (Å²) < 4.78 is 17.3. The van der Waals surface area contributed by atoms with Crippen LogP contribution in [0.3, 0.4) is 0 Å². The van der Waals surface area contributed by atoms with Crippen molar-refractivity contribution in [2.75, 3.05) is 31.7 Å². The summed E-state index contributed by atoms with van der Waals surface area (Å²) >= 11 is 0. The van der Waals surface area contributed by atoms with Gasteiger partial charge < -0.3 is 24.8 Å². The van der Waals surface area contributed by atoms with Crippen molar-refractivity contribution in [1.82, 2.24) is 5.32 Å². The third kappa shape index (κ3) is 2.72. The minimum absolute atomic E-state index is 0.129. The quantitative estimate of drug-likeness (QED) is 0.743. The number of rotatable bonds is 5. The maximum absolute atomic E-state index is 13.3. The third-order valence-corrected chi connectivity index (χ3v) is 5.99. The molecule has 1 unspecified atom stereocenters. The molecule has 2 aromatic rings. The van der Waals surface area contributed by atoms with Crippen LogP contribution in [0.15, 0.2) is 30.3 Å². The van der Waals surface area contributed by atoms with Crippen molar-refractivity contribution in [3.8, 4) is 17.2 Å². The van der Waals surface area contributed by atoms with Crippen molar-refractivity contribution in [2.45, 2.75) is 31.6 Å². The molecule has 156 valence electrons. The zero-order chi connectivity index (χ0) is 20.7. The smallest absolute Gasteiger partial charge is 0.251 e. The maximum atomic E-state index is 13.3. The van der Waals surface area contributed by atoms with E-state index in [1.807, 2.05) is 12.1 Å². The Bertz CT molecular complexity index is 1030. The van der Waals surface area contributed by atoms with Gasteiger partial charge in [-0.2, -0.15) is 0 Å². The highest BCUT2D eigenvalue weighted by Gasteiger charge is 2.56. The van der Waals surface area contributed by atoms with Gasteiger partial charge in [-0.25, -0.2) is 0 Å². The Labute approximate surface area is 174 Å². The van der Waals surface area contributed by atoms with Crippen molar-refractivity contribution in [1.29, 1.82) is 0 Å². The first-order chi connectivity index (χ1) is 14.6. The maximum Gasteiger partial charge on any atom is 0.251 e. The van der Waals surface area contributed by atoms with E-state index in [0.29, 0.717) is 59.4 Å². The molecule has 1 spiro atoms. The van der Waals surface area contributed by atoms with Gasteiger partial charge in [-0.3, -0.25) is 9.59 Å². The van der Waals surface area contributed by atoms with Crippen molar-refractivity contribution in [3.63, 3.8) is 0 Å². The number of fused-ring (bicyclic) bond motifs is 5. The summed E-state index contributed by atoms with van der Waals surface area (Å²) in [6.07, 6.45) is 3.07. The van der Waals surface area contributed by atoms with Crippen LogP contribution in [0.25, 0.3) is 0 Å². The van der Waals surface area contributed by atoms with Crippen LogP contribution in [-0.4, -0.2) is 38.2 Å². The zero-order valence-electron chi connectivity index (χ0n) is 16.9. The summed E-state index contributed by atoms with van der Waals surface area (Å²) in [6.45, 7) is 3.79. The molecule has 1 atom stereocenters. The second-order valence-electron chi connectivity index (χ2n) is 7.83. The Balaban J connectivity index is 1.58. The van der Waals surface area contributed by atoms with Crippen LogP contribution in [0.2, 0.25) is 0 Å². The van der Waals surface area contributed by atoms with Gasteiger partial charge in [0.1, 0.15) is 31.0 Å². The molecule has 0 radical (unpaired) electrons. The highest BCUT2D eigenvalue weighted by Crippen LogP contribution is 2.54. The summed E-state index contributed by atoms with van der Waals surface area (Å²) in [4.78, 5) is 26.3. The number of hydrogen-bond donors (Lipinski definition) is 2. The lowest BCUT2D eigenvalue weighted by Gasteiger charge is -2.24. The van der Waals surface area contributed by atoms with Gasteiger partial charge in [0.2, 0.25) is 5.91 Å². The Morgan fingerprint density at radius 2 is 1.90 bits per heavy atom. The number of carbonyl (C=O) groups is 2. The number of carbonyl (C=O) groups excluding carboxylic acids is 2. The SMILES string of the molecule is CCCCCNC(=O)c1cccc2c1C1(COc3cc4c(cc31)OCCO4)C(=O)N2. The van der Waals surface area contributed by atoms with Crippen molar-refractivity contribution in [2.24, 2.45) is 0 Å². The molecule has 3 aliphatic rings. The first-order valence-electron chi connectivity index (χ1n) is 10.4. The van der Waals surface area contributed by atoms with Crippen molar-refractivity contribution < 1.29 is 23.8 Å². The van der Waals surface area contributed by atoms with Gasteiger partial charge in [0.25, 0.3) is 5.91 Å². The molecule has 30 heavy (non-hydrogen) atoms. The molecule has 2 amide bonds. The second-order valence-corrected chi connectivity index (χ2v) is 7.83. The minimum atomic E-state index is -1.09. The highest BCUT2D eigenvalue weighted by molar-refractivity contribution is 6.13. The van der Waals surface area contributed by atoms with Gasteiger partial charge in [-0.1, -0.05) is 25.8 Å². The number of ether oxygens (including phenoxy) is 3. The molecule has 3 aliphatic heterocycles. The molecule has 2 N–H and O–H groups in total. The van der Waals surface area contributed by atoms with Gasteiger partial charge in [0.15, 0.2) is 11.5 Å². The van der Waals surface area contributed by atoms with Crippen LogP contribution in [0.4, 0.5) is 5.69 Å². The van der Waals surface area contributed by atoms with E-state index in [1.165, 1.54) is 0 Å². The summed E-state index contributed by atoms with van der Waals surface area (Å²) in [5.74, 6) is 1.41. The lowest BCUT2D eigenvalue weighted by atomic mass is 9.75. The van der Waals surface area contributed by atoms with Gasteiger partial charge in [-0.05, 0) is 24.6 Å². The van der Waals surface area contributed by atoms with Crippen LogP contribution in [0.5, 0.6) is 17.2 Å². The fourth-order valence-corrected chi connectivity index (χ4v) is 4.50. The molecule has 0 saturated carbocycles. The van der Waals surface area contributed by atoms with E-state index >= 15 is 0 Å². The van der Waals surface area contributed by atoms with E-state index in [0.717, 1.165) is 19.3 Å². The molecule has 2 aromatic carbocycles. The third-order valence-electron chi connectivity index (χ3n) is 5.99. The number of benzene rings is 2. The van der Waals surface area contributed by atoms with Gasteiger partial charge >= 0.3 is 0 Å². The Kier molecular flexibility index (Phi) is 4.53. The van der Waals surface area contributed by atoms with Gasteiger partial charge in [0.05, 0.1) is 0 Å². The molecular formula is C23H24N2O5. The number of amides is 2. The summed E-state index contributed by atoms with van der Waals surface area (Å²) in [5.41, 5.74) is 1.42. The molecule has 7 heteroatoms. The second kappa shape index (κ2) is 7.23. The molecular weight excluding hydrogens is 384 g/mol. The zero-order valence-corrected chi connectivity index (χ0v) is 16.9. The molecule has 7 nitrogen and oxygen atoms in total. The van der Waals surface area contributed by atoms with E-state index in [2.05, 4.69) is 17.6 Å². The van der Waals surface area contributed by atoms with E-state index < -0.39 is 5.41 Å². The standard InChI is InChI=1S/C23H24N2O5/c1-2-3-4-8-24-21(26)14-6-5-7-16-20(14)23(22(27)25-16)13-30-17-12-19-18(11-15(17)23)28-9-10-29-19/h5-7,11-12H,2-4,8-10,13H2,1H3,(H,24,26)(H,25,27). The normalized spacial score (nSPS) is 20.4. The van der Waals surface area contributed by atoms with Crippen LogP contribution >= 0.6 is 0 Å². The number of hydrogen-bond acceptors (Lipinski definition) is 5. The summed E-state index contributed by atoms with van der Waals surface area (Å²) in [5, 5.41) is 5.95. The number of anilines is 1. The van der Waals surface area contributed by atoms with E-state index in [4.69, 9.17) is 14.2 Å². The monoisotopic (exact) mass is 408 g/mol. The Morgan fingerprint density at radius 1 is 1.10 bits per heavy atom. The topological polar surface area (TPSA) is 85.9 Å². The molecule has 0 fully saturated rings. The molecule has 0 aromatic heterocycles. The van der Waals surface area contributed by atoms with Gasteiger partial charge in [-0.15, -0.1) is 0 Å². The van der Waals surface area contributed by atoms with Crippen LogP contribution < -0.4 is 24.8 Å². The fourth-order valence-electron chi connectivity index (χ4n) is 4.50. The largest absolute Gasteiger partial charge is 0.491 e. The predicted octanol–water partition coefficient (Wildman–Crippen LogP) is 3.01. The lowest BCUT2D eigenvalue weighted by molar-refractivity contribution is -0.119. The van der Waals surface area contributed by atoms with Crippen LogP contribution in [0.1, 0.15) is 47.7 Å². The van der Waals surface area contributed by atoms with Crippen molar-refractivity contribution >= 4 is 17.5 Å². The van der Waals surface area contributed by atoms with Crippen LogP contribution in [-0.2, 0) is 10.2 Å². The average Bonchev–Trinajstić information content (AvgIpc) is 3.28. The van der Waals surface area contributed by atoms with E-state index in [9.17, 15) is 9.59 Å². The predicted molar refractivity (Wildman–Crippen MR) is 111 cm³/mol. The highest BCUT2D eigenvalue weighted by atomic mass is 16.6. The van der Waals surface area contributed by atoms with Crippen molar-refractivity contribution in [3.05, 3.63) is 47.0 Å². The molecule has 3 heterocycles. The number of unbranched alkanes of at least 4 members (excludes halogenated alkanes) is 2. The molecule has 0 aliphatic carbocycles. The van der Waals surface area contributed by atoms with E-state index in [-0.39, 0.29) is 18.4 Å². The van der Waals surface area contributed by atoms with Crippen LogP contribution in [0, 0.1) is 0 Å². The van der Waals surface area contributed by atoms with E-state index in [1.54, 1.807) is 18.2 Å². The molecule has 0 bridgehead atoms. The number of nitrogens with one attached hydrogen (secondary N) is 2. The lowest BCUT2D eigenvalue weighted by Crippen LogP contribution is -2.39. The first-order valence-corrected chi connectivity index (χ1v) is 10.4. The molecule has 0 saturated heterocycles.